The fourth-order valence-corrected chi connectivity index (χ4v) is 4.39. The third-order valence-electron chi connectivity index (χ3n) is 4.62. The quantitative estimate of drug-likeness (QED) is 0.908. The van der Waals surface area contributed by atoms with Gasteiger partial charge in [-0.3, -0.25) is 9.69 Å². The van der Waals surface area contributed by atoms with Crippen LogP contribution in [0.2, 0.25) is 0 Å². The van der Waals surface area contributed by atoms with Crippen LogP contribution >= 0.6 is 23.7 Å². The van der Waals surface area contributed by atoms with Crippen LogP contribution in [0, 0.1) is 5.92 Å². The molecule has 0 aliphatic carbocycles. The lowest BCUT2D eigenvalue weighted by Gasteiger charge is -2.34. The Kier molecular flexibility index (Phi) is 6.68. The van der Waals surface area contributed by atoms with E-state index in [1.54, 1.807) is 0 Å². The smallest absolute Gasteiger partial charge is 0.237 e. The van der Waals surface area contributed by atoms with Gasteiger partial charge in [0.25, 0.3) is 0 Å². The minimum atomic E-state index is 0. The molecule has 1 fully saturated rings. The van der Waals surface area contributed by atoms with E-state index in [0.717, 1.165) is 39.1 Å². The Balaban J connectivity index is 0.00000176. The molecule has 124 valence electrons. The highest BCUT2D eigenvalue weighted by Gasteiger charge is 2.25. The molecule has 0 saturated carbocycles. The number of piperidine rings is 1. The molecular formula is C16H26ClN3OS. The number of likely N-dealkylation sites (tertiary alicyclic amines) is 1. The van der Waals surface area contributed by atoms with Gasteiger partial charge in [-0.25, -0.2) is 0 Å². The van der Waals surface area contributed by atoms with Gasteiger partial charge in [0.1, 0.15) is 0 Å². The number of carbonyl (C=O) groups is 1. The van der Waals surface area contributed by atoms with Gasteiger partial charge in [0, 0.05) is 24.5 Å². The molecule has 1 aromatic heterocycles. The molecule has 1 amide bonds. The maximum absolute atomic E-state index is 12.5. The van der Waals surface area contributed by atoms with Crippen molar-refractivity contribution in [3.8, 4) is 0 Å². The predicted octanol–water partition coefficient (Wildman–Crippen LogP) is 1.99. The highest BCUT2D eigenvalue weighted by Crippen LogP contribution is 2.24. The van der Waals surface area contributed by atoms with Crippen molar-refractivity contribution in [3.05, 3.63) is 21.9 Å². The summed E-state index contributed by atoms with van der Waals surface area (Å²) >= 11 is 1.83. The maximum Gasteiger partial charge on any atom is 0.237 e. The number of thiophene rings is 1. The van der Waals surface area contributed by atoms with E-state index in [2.05, 4.69) is 21.7 Å². The molecule has 2 aliphatic heterocycles. The summed E-state index contributed by atoms with van der Waals surface area (Å²) in [7, 11) is 2.01. The van der Waals surface area contributed by atoms with Crippen molar-refractivity contribution in [3.63, 3.8) is 0 Å². The normalized spacial score (nSPS) is 22.0. The molecule has 0 aromatic carbocycles. The monoisotopic (exact) mass is 343 g/mol. The molecule has 6 heteroatoms. The van der Waals surface area contributed by atoms with Gasteiger partial charge >= 0.3 is 0 Å². The minimum absolute atomic E-state index is 0. The summed E-state index contributed by atoms with van der Waals surface area (Å²) in [5, 5.41) is 5.41. The third-order valence-corrected chi connectivity index (χ3v) is 5.64. The first-order chi connectivity index (χ1) is 10.3. The Morgan fingerprint density at radius 2 is 2.32 bits per heavy atom. The average Bonchev–Trinajstić information content (AvgIpc) is 2.95. The SMILES string of the molecule is CNCC1CCCN(CC(=O)N2CCc3sccc3C2)C1.Cl. The molecule has 1 unspecified atom stereocenters. The van der Waals surface area contributed by atoms with E-state index in [1.165, 1.54) is 23.3 Å². The lowest BCUT2D eigenvalue weighted by molar-refractivity contribution is -0.133. The number of hydrogen-bond donors (Lipinski definition) is 1. The van der Waals surface area contributed by atoms with Gasteiger partial charge in [0.05, 0.1) is 6.54 Å². The van der Waals surface area contributed by atoms with E-state index in [1.807, 2.05) is 23.3 Å². The summed E-state index contributed by atoms with van der Waals surface area (Å²) in [4.78, 5) is 18.4. The maximum atomic E-state index is 12.5. The van der Waals surface area contributed by atoms with Gasteiger partial charge in [-0.1, -0.05) is 0 Å². The number of nitrogens with zero attached hydrogens (tertiary/aromatic N) is 2. The Hall–Kier alpha value is -0.620. The largest absolute Gasteiger partial charge is 0.337 e. The number of nitrogens with one attached hydrogen (secondary N) is 1. The standard InChI is InChI=1S/C16H25N3OS.ClH/c1-17-9-13-3-2-6-18(10-13)12-16(20)19-7-4-15-14(11-19)5-8-21-15;/h5,8,13,17H,2-4,6-7,9-12H2,1H3;1H. The Morgan fingerprint density at radius 1 is 1.45 bits per heavy atom. The number of carbonyl (C=O) groups excluding carboxylic acids is 1. The second-order valence-electron chi connectivity index (χ2n) is 6.24. The number of fused-ring (bicyclic) bond motifs is 1. The molecule has 0 bridgehead atoms. The van der Waals surface area contributed by atoms with Crippen LogP contribution < -0.4 is 5.32 Å². The van der Waals surface area contributed by atoms with Crippen LogP contribution in [0.15, 0.2) is 11.4 Å². The second kappa shape index (κ2) is 8.29. The first-order valence-electron chi connectivity index (χ1n) is 7.96. The third kappa shape index (κ3) is 4.22. The van der Waals surface area contributed by atoms with E-state index < -0.39 is 0 Å². The van der Waals surface area contributed by atoms with Crippen LogP contribution in [-0.4, -0.2) is 55.5 Å². The average molecular weight is 344 g/mol. The summed E-state index contributed by atoms with van der Waals surface area (Å²) < 4.78 is 0. The van der Waals surface area contributed by atoms with Gasteiger partial charge in [-0.05, 0) is 62.3 Å². The van der Waals surface area contributed by atoms with Crippen molar-refractivity contribution >= 4 is 29.7 Å². The summed E-state index contributed by atoms with van der Waals surface area (Å²) in [5.74, 6) is 0.998. The molecule has 3 heterocycles. The summed E-state index contributed by atoms with van der Waals surface area (Å²) in [6.07, 6.45) is 3.53. The van der Waals surface area contributed by atoms with E-state index in [0.29, 0.717) is 18.4 Å². The predicted molar refractivity (Wildman–Crippen MR) is 93.8 cm³/mol. The molecule has 1 aromatic rings. The first kappa shape index (κ1) is 17.7. The van der Waals surface area contributed by atoms with Crippen LogP contribution in [0.4, 0.5) is 0 Å². The van der Waals surface area contributed by atoms with E-state index in [9.17, 15) is 4.79 Å². The van der Waals surface area contributed by atoms with E-state index >= 15 is 0 Å². The Bertz CT molecular complexity index is 491. The van der Waals surface area contributed by atoms with Gasteiger partial charge in [0.15, 0.2) is 0 Å². The Labute approximate surface area is 143 Å². The van der Waals surface area contributed by atoms with Crippen LogP contribution in [0.1, 0.15) is 23.3 Å². The van der Waals surface area contributed by atoms with Crippen LogP contribution in [-0.2, 0) is 17.8 Å². The molecule has 4 nitrogen and oxygen atoms in total. The van der Waals surface area contributed by atoms with E-state index in [4.69, 9.17) is 0 Å². The molecule has 1 N–H and O–H groups in total. The Morgan fingerprint density at radius 3 is 3.14 bits per heavy atom. The number of amides is 1. The van der Waals surface area contributed by atoms with Gasteiger partial charge in [-0.2, -0.15) is 0 Å². The first-order valence-corrected chi connectivity index (χ1v) is 8.84. The van der Waals surface area contributed by atoms with Crippen LogP contribution in [0.3, 0.4) is 0 Å². The fraction of sp³-hybridized carbons (Fsp3) is 0.688. The molecule has 1 atom stereocenters. The minimum Gasteiger partial charge on any atom is -0.337 e. The van der Waals surface area contributed by atoms with Crippen LogP contribution in [0.25, 0.3) is 0 Å². The highest BCUT2D eigenvalue weighted by atomic mass is 35.5. The molecular weight excluding hydrogens is 318 g/mol. The summed E-state index contributed by atoms with van der Waals surface area (Å²) in [5.41, 5.74) is 1.35. The van der Waals surface area contributed by atoms with Gasteiger partial charge in [-0.15, -0.1) is 23.7 Å². The van der Waals surface area contributed by atoms with Crippen molar-refractivity contribution in [1.82, 2.24) is 15.1 Å². The topological polar surface area (TPSA) is 35.6 Å². The summed E-state index contributed by atoms with van der Waals surface area (Å²) in [6.45, 7) is 5.49. The number of hydrogen-bond acceptors (Lipinski definition) is 4. The highest BCUT2D eigenvalue weighted by molar-refractivity contribution is 7.10. The summed E-state index contributed by atoms with van der Waals surface area (Å²) in [6, 6.07) is 2.17. The molecule has 1 saturated heterocycles. The molecule has 2 aliphatic rings. The van der Waals surface area contributed by atoms with Gasteiger partial charge < -0.3 is 10.2 Å². The van der Waals surface area contributed by atoms with Crippen molar-refractivity contribution in [2.24, 2.45) is 5.92 Å². The van der Waals surface area contributed by atoms with Crippen molar-refractivity contribution in [2.45, 2.75) is 25.8 Å². The zero-order valence-corrected chi connectivity index (χ0v) is 14.8. The zero-order valence-electron chi connectivity index (χ0n) is 13.2. The second-order valence-corrected chi connectivity index (χ2v) is 7.24. The van der Waals surface area contributed by atoms with Crippen molar-refractivity contribution in [2.75, 3.05) is 39.8 Å². The lowest BCUT2D eigenvalue weighted by atomic mass is 9.98. The van der Waals surface area contributed by atoms with Crippen LogP contribution in [0.5, 0.6) is 0 Å². The van der Waals surface area contributed by atoms with Crippen molar-refractivity contribution < 1.29 is 4.79 Å². The number of halogens is 1. The lowest BCUT2D eigenvalue weighted by Crippen LogP contribution is -2.46. The van der Waals surface area contributed by atoms with Crippen molar-refractivity contribution in [1.29, 1.82) is 0 Å². The number of rotatable bonds is 4. The fourth-order valence-electron chi connectivity index (χ4n) is 3.50. The molecule has 3 rings (SSSR count). The molecule has 0 radical (unpaired) electrons. The van der Waals surface area contributed by atoms with Gasteiger partial charge in [0.2, 0.25) is 5.91 Å². The zero-order chi connectivity index (χ0) is 14.7. The molecule has 22 heavy (non-hydrogen) atoms. The van der Waals surface area contributed by atoms with E-state index in [-0.39, 0.29) is 12.4 Å². The molecule has 0 spiro atoms.